The molecule has 0 bridgehead atoms. The SMILES string of the molecule is CC(CNCC(F)(F)F)OCCC(F)(F)F. The van der Waals surface area contributed by atoms with Crippen molar-refractivity contribution in [1.82, 2.24) is 5.32 Å². The molecule has 1 N–H and O–H groups in total. The van der Waals surface area contributed by atoms with Gasteiger partial charge in [-0.3, -0.25) is 0 Å². The quantitative estimate of drug-likeness (QED) is 0.734. The van der Waals surface area contributed by atoms with E-state index in [2.05, 4.69) is 4.74 Å². The van der Waals surface area contributed by atoms with Gasteiger partial charge in [0.25, 0.3) is 0 Å². The lowest BCUT2D eigenvalue weighted by Gasteiger charge is -2.15. The first-order valence-electron chi connectivity index (χ1n) is 4.56. The van der Waals surface area contributed by atoms with Gasteiger partial charge in [0.15, 0.2) is 0 Å². The first-order valence-corrected chi connectivity index (χ1v) is 4.56. The fraction of sp³-hybridized carbons (Fsp3) is 1.00. The molecule has 0 aliphatic heterocycles. The minimum Gasteiger partial charge on any atom is -0.377 e. The van der Waals surface area contributed by atoms with Gasteiger partial charge in [0.2, 0.25) is 0 Å². The van der Waals surface area contributed by atoms with Gasteiger partial charge >= 0.3 is 12.4 Å². The molecule has 8 heteroatoms. The summed E-state index contributed by atoms with van der Waals surface area (Å²) in [7, 11) is 0. The molecule has 0 aliphatic carbocycles. The van der Waals surface area contributed by atoms with Crippen LogP contribution in [0, 0.1) is 0 Å². The van der Waals surface area contributed by atoms with Crippen molar-refractivity contribution < 1.29 is 31.1 Å². The van der Waals surface area contributed by atoms with Crippen LogP contribution in [-0.2, 0) is 4.74 Å². The van der Waals surface area contributed by atoms with Crippen molar-refractivity contribution >= 4 is 0 Å². The molecule has 0 aromatic heterocycles. The molecule has 0 fully saturated rings. The summed E-state index contributed by atoms with van der Waals surface area (Å²) >= 11 is 0. The summed E-state index contributed by atoms with van der Waals surface area (Å²) < 4.78 is 74.7. The van der Waals surface area contributed by atoms with Crippen LogP contribution in [0.1, 0.15) is 13.3 Å². The number of hydrogen-bond donors (Lipinski definition) is 1. The van der Waals surface area contributed by atoms with Gasteiger partial charge < -0.3 is 10.1 Å². The zero-order valence-corrected chi connectivity index (χ0v) is 8.58. The van der Waals surface area contributed by atoms with Crippen molar-refractivity contribution in [3.63, 3.8) is 0 Å². The van der Waals surface area contributed by atoms with Gasteiger partial charge in [0.05, 0.1) is 25.7 Å². The fourth-order valence-corrected chi connectivity index (χ4v) is 0.852. The van der Waals surface area contributed by atoms with Gasteiger partial charge in [-0.1, -0.05) is 0 Å². The maximum absolute atomic E-state index is 11.7. The number of alkyl halides is 6. The van der Waals surface area contributed by atoms with Crippen molar-refractivity contribution in [2.75, 3.05) is 19.7 Å². The van der Waals surface area contributed by atoms with E-state index in [0.29, 0.717) is 0 Å². The second-order valence-corrected chi connectivity index (χ2v) is 3.29. The summed E-state index contributed by atoms with van der Waals surface area (Å²) in [5.41, 5.74) is 0. The highest BCUT2D eigenvalue weighted by molar-refractivity contribution is 4.60. The van der Waals surface area contributed by atoms with Crippen LogP contribution in [0.5, 0.6) is 0 Å². The summed E-state index contributed by atoms with van der Waals surface area (Å²) in [6, 6.07) is 0. The fourth-order valence-electron chi connectivity index (χ4n) is 0.852. The van der Waals surface area contributed by atoms with Crippen molar-refractivity contribution in [3.8, 4) is 0 Å². The van der Waals surface area contributed by atoms with E-state index in [-0.39, 0.29) is 6.54 Å². The minimum absolute atomic E-state index is 0.142. The Morgan fingerprint density at radius 1 is 1.06 bits per heavy atom. The van der Waals surface area contributed by atoms with E-state index in [1.165, 1.54) is 6.92 Å². The largest absolute Gasteiger partial charge is 0.401 e. The predicted molar refractivity (Wildman–Crippen MR) is 45.0 cm³/mol. The van der Waals surface area contributed by atoms with Crippen molar-refractivity contribution in [1.29, 1.82) is 0 Å². The van der Waals surface area contributed by atoms with Crippen molar-refractivity contribution in [3.05, 3.63) is 0 Å². The molecule has 0 aliphatic rings. The molecule has 0 aromatic rings. The van der Waals surface area contributed by atoms with Crippen LogP contribution >= 0.6 is 0 Å². The average Bonchev–Trinajstić information content (AvgIpc) is 1.98. The van der Waals surface area contributed by atoms with E-state index >= 15 is 0 Å². The van der Waals surface area contributed by atoms with Gasteiger partial charge in [-0.25, -0.2) is 0 Å². The van der Waals surface area contributed by atoms with Crippen molar-refractivity contribution in [2.45, 2.75) is 31.8 Å². The number of rotatable bonds is 6. The molecule has 1 atom stereocenters. The molecule has 1 unspecified atom stereocenters. The average molecular weight is 253 g/mol. The lowest BCUT2D eigenvalue weighted by molar-refractivity contribution is -0.148. The molecule has 98 valence electrons. The van der Waals surface area contributed by atoms with Gasteiger partial charge in [-0.05, 0) is 6.92 Å². The number of halogens is 6. The molecule has 2 nitrogen and oxygen atoms in total. The van der Waals surface area contributed by atoms with Gasteiger partial charge in [0, 0.05) is 6.54 Å². The van der Waals surface area contributed by atoms with Gasteiger partial charge in [-0.15, -0.1) is 0 Å². The Balaban J connectivity index is 3.49. The van der Waals surface area contributed by atoms with E-state index < -0.39 is 38.0 Å². The van der Waals surface area contributed by atoms with Crippen LogP contribution in [0.25, 0.3) is 0 Å². The second kappa shape index (κ2) is 6.29. The lowest BCUT2D eigenvalue weighted by atomic mass is 10.4. The molecule has 0 rings (SSSR count). The predicted octanol–water partition coefficient (Wildman–Crippen LogP) is 2.50. The monoisotopic (exact) mass is 253 g/mol. The first-order chi connectivity index (χ1) is 7.10. The van der Waals surface area contributed by atoms with Crippen LogP contribution in [-0.4, -0.2) is 38.2 Å². The Hall–Kier alpha value is -0.500. The Morgan fingerprint density at radius 2 is 1.62 bits per heavy atom. The molecular weight excluding hydrogens is 240 g/mol. The molecule has 0 amide bonds. The van der Waals surface area contributed by atoms with Crippen LogP contribution in [0.15, 0.2) is 0 Å². The van der Waals surface area contributed by atoms with Crippen LogP contribution in [0.2, 0.25) is 0 Å². The zero-order chi connectivity index (χ0) is 12.8. The van der Waals surface area contributed by atoms with Gasteiger partial charge in [0.1, 0.15) is 0 Å². The Morgan fingerprint density at radius 3 is 2.06 bits per heavy atom. The Labute approximate surface area is 89.0 Å². The number of ether oxygens (including phenoxy) is 1. The van der Waals surface area contributed by atoms with Crippen LogP contribution in [0.4, 0.5) is 26.3 Å². The standard InChI is InChI=1S/C8H13F6NO/c1-6(4-15-5-8(12,13)14)16-3-2-7(9,10)11/h6,15H,2-5H2,1H3. The summed E-state index contributed by atoms with van der Waals surface area (Å²) in [5.74, 6) is 0. The highest BCUT2D eigenvalue weighted by Crippen LogP contribution is 2.19. The zero-order valence-electron chi connectivity index (χ0n) is 8.58. The molecule has 16 heavy (non-hydrogen) atoms. The summed E-state index contributed by atoms with van der Waals surface area (Å²) in [5, 5.41) is 2.04. The third-order valence-electron chi connectivity index (χ3n) is 1.55. The second-order valence-electron chi connectivity index (χ2n) is 3.29. The summed E-state index contributed by atoms with van der Waals surface area (Å²) in [6.45, 7) is -0.463. The molecule has 0 spiro atoms. The smallest absolute Gasteiger partial charge is 0.377 e. The molecular formula is C8H13F6NO. The van der Waals surface area contributed by atoms with Crippen molar-refractivity contribution in [2.24, 2.45) is 0 Å². The van der Waals surface area contributed by atoms with E-state index in [1.54, 1.807) is 0 Å². The molecule has 0 radical (unpaired) electrons. The number of hydrogen-bond acceptors (Lipinski definition) is 2. The maximum Gasteiger partial charge on any atom is 0.401 e. The highest BCUT2D eigenvalue weighted by atomic mass is 19.4. The minimum atomic E-state index is -4.33. The molecule has 0 aromatic carbocycles. The molecule has 0 heterocycles. The van der Waals surface area contributed by atoms with E-state index in [1.807, 2.05) is 5.32 Å². The normalized spacial score (nSPS) is 15.2. The summed E-state index contributed by atoms with van der Waals surface area (Å²) in [4.78, 5) is 0. The van der Waals surface area contributed by atoms with Crippen LogP contribution in [0.3, 0.4) is 0 Å². The molecule has 0 saturated heterocycles. The lowest BCUT2D eigenvalue weighted by Crippen LogP contribution is -2.35. The third-order valence-corrected chi connectivity index (χ3v) is 1.55. The van der Waals surface area contributed by atoms with E-state index in [0.717, 1.165) is 0 Å². The summed E-state index contributed by atoms with van der Waals surface area (Å²) in [6.07, 6.45) is -10.4. The Bertz CT molecular complexity index is 170. The first kappa shape index (κ1) is 15.5. The highest BCUT2D eigenvalue weighted by Gasteiger charge is 2.28. The third kappa shape index (κ3) is 11.6. The van der Waals surface area contributed by atoms with Gasteiger partial charge in [-0.2, -0.15) is 26.3 Å². The topological polar surface area (TPSA) is 21.3 Å². The molecule has 0 saturated carbocycles. The number of nitrogens with one attached hydrogen (secondary N) is 1. The van der Waals surface area contributed by atoms with Crippen LogP contribution < -0.4 is 5.32 Å². The van der Waals surface area contributed by atoms with E-state index in [4.69, 9.17) is 0 Å². The maximum atomic E-state index is 11.7. The van der Waals surface area contributed by atoms with E-state index in [9.17, 15) is 26.3 Å². The Kier molecular flexibility index (Phi) is 6.09.